The summed E-state index contributed by atoms with van der Waals surface area (Å²) < 4.78 is 50.9. The van der Waals surface area contributed by atoms with Gasteiger partial charge < -0.3 is 19.5 Å². The van der Waals surface area contributed by atoms with Gasteiger partial charge in [-0.1, -0.05) is 29.3 Å². The first-order valence-electron chi connectivity index (χ1n) is 15.0. The number of aliphatic carboxylic acids is 1. The number of likely N-dealkylation sites (tertiary alicyclic amines) is 1. The van der Waals surface area contributed by atoms with Crippen molar-refractivity contribution >= 4 is 52.1 Å². The molecule has 11 nitrogen and oxygen atoms in total. The fourth-order valence-electron chi connectivity index (χ4n) is 6.62. The van der Waals surface area contributed by atoms with Crippen LogP contribution in [-0.4, -0.2) is 99.4 Å². The number of halogens is 5. The first-order chi connectivity index (χ1) is 21.8. The zero-order valence-corrected chi connectivity index (χ0v) is 27.0. The summed E-state index contributed by atoms with van der Waals surface area (Å²) in [4.78, 5) is 37.0. The number of alkyl halides is 3. The molecule has 0 bridgehead atoms. The standard InChI is InChI=1S/C30H35Cl2F3N6O5/c1-16-26-27(41(38-16)17(2)21-7-6-19(31)11-22(21)32)37-25(13-36-26)39-10-8-23(18(14-39)15-46-29(44)30(33,34)35)40-9-4-5-20(40)12-24(45-3)28(42)43/h6-7,11,13,17-18,20,23-24H,4-5,8-10,12,14-15H2,1-3H3,(H,42,43)/t17-,18?,20?,23?,24?/m1/s1. The van der Waals surface area contributed by atoms with Crippen LogP contribution in [0, 0.1) is 12.8 Å². The molecule has 5 atom stereocenters. The molecule has 0 aliphatic carbocycles. The number of hydrogen-bond donors (Lipinski definition) is 1. The van der Waals surface area contributed by atoms with Crippen LogP contribution in [0.15, 0.2) is 24.4 Å². The molecule has 2 aliphatic heterocycles. The van der Waals surface area contributed by atoms with Crippen LogP contribution in [0.3, 0.4) is 0 Å². The van der Waals surface area contributed by atoms with Crippen LogP contribution in [0.1, 0.15) is 49.9 Å². The van der Waals surface area contributed by atoms with Crippen molar-refractivity contribution in [3.8, 4) is 0 Å². The van der Waals surface area contributed by atoms with E-state index in [9.17, 15) is 27.9 Å². The first kappa shape index (κ1) is 34.1. The Bertz CT molecular complexity index is 1590. The van der Waals surface area contributed by atoms with Crippen molar-refractivity contribution in [3.63, 3.8) is 0 Å². The molecule has 0 radical (unpaired) electrons. The van der Waals surface area contributed by atoms with E-state index in [4.69, 9.17) is 37.7 Å². The van der Waals surface area contributed by atoms with Crippen molar-refractivity contribution in [3.05, 3.63) is 45.7 Å². The van der Waals surface area contributed by atoms with Crippen molar-refractivity contribution in [2.24, 2.45) is 5.92 Å². The van der Waals surface area contributed by atoms with E-state index in [2.05, 4.69) is 15.0 Å². The highest BCUT2D eigenvalue weighted by molar-refractivity contribution is 6.35. The van der Waals surface area contributed by atoms with Crippen molar-refractivity contribution < 1.29 is 37.3 Å². The summed E-state index contributed by atoms with van der Waals surface area (Å²) in [6, 6.07) is 4.50. The van der Waals surface area contributed by atoms with E-state index in [-0.39, 0.29) is 31.1 Å². The lowest BCUT2D eigenvalue weighted by Crippen LogP contribution is -2.55. The number of benzene rings is 1. The summed E-state index contributed by atoms with van der Waals surface area (Å²) in [5.74, 6) is -3.35. The molecule has 1 N–H and O–H groups in total. The third-order valence-electron chi connectivity index (χ3n) is 8.91. The monoisotopic (exact) mass is 686 g/mol. The second-order valence-corrected chi connectivity index (χ2v) is 12.6. The topological polar surface area (TPSA) is 123 Å². The van der Waals surface area contributed by atoms with Gasteiger partial charge in [-0.05, 0) is 63.8 Å². The largest absolute Gasteiger partial charge is 0.490 e. The summed E-state index contributed by atoms with van der Waals surface area (Å²) in [6.07, 6.45) is -2.24. The maximum Gasteiger partial charge on any atom is 0.490 e. The minimum absolute atomic E-state index is 0.145. The lowest BCUT2D eigenvalue weighted by atomic mass is 9.90. The Morgan fingerprint density at radius 3 is 2.63 bits per heavy atom. The number of anilines is 1. The predicted molar refractivity (Wildman–Crippen MR) is 164 cm³/mol. The van der Waals surface area contributed by atoms with Gasteiger partial charge in [-0.3, -0.25) is 4.90 Å². The average molecular weight is 688 g/mol. The number of piperidine rings is 1. The Hall–Kier alpha value is -3.20. The Labute approximate surface area is 273 Å². The van der Waals surface area contributed by atoms with Crippen LogP contribution >= 0.6 is 23.2 Å². The molecule has 2 saturated heterocycles. The van der Waals surface area contributed by atoms with Crippen LogP contribution < -0.4 is 4.90 Å². The number of carboxylic acids is 1. The number of fused-ring (bicyclic) bond motifs is 1. The van der Waals surface area contributed by atoms with Gasteiger partial charge >= 0.3 is 18.1 Å². The summed E-state index contributed by atoms with van der Waals surface area (Å²) in [5, 5.41) is 15.2. The minimum atomic E-state index is -5.12. The Morgan fingerprint density at radius 1 is 1.20 bits per heavy atom. The lowest BCUT2D eigenvalue weighted by Gasteiger charge is -2.45. The number of nitrogens with zero attached hydrogens (tertiary/aromatic N) is 6. The van der Waals surface area contributed by atoms with Gasteiger partial charge in [-0.15, -0.1) is 0 Å². The number of aryl methyl sites for hydroxylation is 1. The number of rotatable bonds is 10. The Balaban J connectivity index is 1.42. The molecule has 4 heterocycles. The number of aromatic nitrogens is 4. The zero-order chi connectivity index (χ0) is 33.3. The number of esters is 1. The molecule has 46 heavy (non-hydrogen) atoms. The van der Waals surface area contributed by atoms with Gasteiger partial charge in [-0.25, -0.2) is 24.2 Å². The van der Waals surface area contributed by atoms with Crippen molar-refractivity contribution in [2.45, 2.75) is 69.9 Å². The van der Waals surface area contributed by atoms with Crippen molar-refractivity contribution in [1.82, 2.24) is 24.6 Å². The highest BCUT2D eigenvalue weighted by Gasteiger charge is 2.44. The molecule has 2 aliphatic rings. The average Bonchev–Trinajstić information content (AvgIpc) is 3.61. The number of carbonyl (C=O) groups is 2. The SMILES string of the molecule is COC(CC1CCCN1C1CCN(c2cnc3c(C)nn([C@H](C)c4ccc(Cl)cc4Cl)c3n2)CC1COC(=O)C(F)(F)F)C(=O)O. The number of methoxy groups -OCH3 is 1. The van der Waals surface area contributed by atoms with Crippen LogP contribution in [-0.2, 0) is 19.1 Å². The molecule has 250 valence electrons. The van der Waals surface area contributed by atoms with Gasteiger partial charge in [-0.2, -0.15) is 18.3 Å². The second-order valence-electron chi connectivity index (χ2n) is 11.8. The highest BCUT2D eigenvalue weighted by Crippen LogP contribution is 2.35. The lowest BCUT2D eigenvalue weighted by molar-refractivity contribution is -0.201. The van der Waals surface area contributed by atoms with Crippen molar-refractivity contribution in [1.29, 1.82) is 0 Å². The predicted octanol–water partition coefficient (Wildman–Crippen LogP) is 5.31. The second kappa shape index (κ2) is 13.9. The zero-order valence-electron chi connectivity index (χ0n) is 25.5. The van der Waals surface area contributed by atoms with E-state index in [0.717, 1.165) is 18.4 Å². The Morgan fingerprint density at radius 2 is 1.96 bits per heavy atom. The van der Waals surface area contributed by atoms with Crippen LogP contribution in [0.2, 0.25) is 10.0 Å². The number of hydrogen-bond acceptors (Lipinski definition) is 9. The van der Waals surface area contributed by atoms with E-state index >= 15 is 0 Å². The molecule has 1 aromatic carbocycles. The van der Waals surface area contributed by atoms with E-state index in [1.165, 1.54) is 7.11 Å². The fraction of sp³-hybridized carbons (Fsp3) is 0.567. The quantitative estimate of drug-likeness (QED) is 0.281. The highest BCUT2D eigenvalue weighted by atomic mass is 35.5. The molecule has 4 unspecified atom stereocenters. The van der Waals surface area contributed by atoms with Gasteiger partial charge in [0, 0.05) is 48.2 Å². The van der Waals surface area contributed by atoms with Gasteiger partial charge in [0.2, 0.25) is 0 Å². The van der Waals surface area contributed by atoms with E-state index in [1.54, 1.807) is 23.0 Å². The number of carbonyl (C=O) groups excluding carboxylic acids is 1. The maximum atomic E-state index is 13.1. The molecule has 5 rings (SSSR count). The number of ether oxygens (including phenoxy) is 2. The summed E-state index contributed by atoms with van der Waals surface area (Å²) in [7, 11) is 1.34. The van der Waals surface area contributed by atoms with E-state index in [1.807, 2.05) is 24.8 Å². The third kappa shape index (κ3) is 7.19. The normalized spacial score (nSPS) is 22.3. The molecule has 16 heteroatoms. The summed E-state index contributed by atoms with van der Waals surface area (Å²) in [5.41, 5.74) is 2.55. The molecule has 0 saturated carbocycles. The van der Waals surface area contributed by atoms with Gasteiger partial charge in [0.05, 0.1) is 24.5 Å². The van der Waals surface area contributed by atoms with E-state index in [0.29, 0.717) is 52.2 Å². The molecular formula is C30H35Cl2F3N6O5. The summed E-state index contributed by atoms with van der Waals surface area (Å²) in [6.45, 7) is 4.66. The molecule has 2 fully saturated rings. The molecule has 2 aromatic heterocycles. The van der Waals surface area contributed by atoms with E-state index < -0.39 is 36.7 Å². The van der Waals surface area contributed by atoms with Gasteiger partial charge in [0.15, 0.2) is 11.8 Å². The molecular weight excluding hydrogens is 652 g/mol. The maximum absolute atomic E-state index is 13.1. The first-order valence-corrected chi connectivity index (χ1v) is 15.7. The van der Waals surface area contributed by atoms with Crippen LogP contribution in [0.4, 0.5) is 19.0 Å². The molecule has 3 aromatic rings. The third-order valence-corrected chi connectivity index (χ3v) is 9.47. The Kier molecular flexibility index (Phi) is 10.3. The minimum Gasteiger partial charge on any atom is -0.479 e. The fourth-order valence-corrected chi connectivity index (χ4v) is 7.19. The van der Waals surface area contributed by atoms with Crippen LogP contribution in [0.25, 0.3) is 11.2 Å². The molecule has 0 spiro atoms. The van der Waals surface area contributed by atoms with Gasteiger partial charge in [0.1, 0.15) is 11.3 Å². The van der Waals surface area contributed by atoms with Crippen molar-refractivity contribution in [2.75, 3.05) is 38.3 Å². The van der Waals surface area contributed by atoms with Crippen LogP contribution in [0.5, 0.6) is 0 Å². The smallest absolute Gasteiger partial charge is 0.479 e. The number of carboxylic acid groups (broad SMARTS) is 1. The molecule has 0 amide bonds. The summed E-state index contributed by atoms with van der Waals surface area (Å²) >= 11 is 12.6. The van der Waals surface area contributed by atoms with Gasteiger partial charge in [0.25, 0.3) is 0 Å².